The monoisotopic (exact) mass is 392 g/mol. The van der Waals surface area contributed by atoms with E-state index in [1.54, 1.807) is 32.7 Å². The summed E-state index contributed by atoms with van der Waals surface area (Å²) < 4.78 is 6.02. The van der Waals surface area contributed by atoms with Crippen LogP contribution in [0.5, 0.6) is 0 Å². The van der Waals surface area contributed by atoms with Crippen molar-refractivity contribution in [3.63, 3.8) is 0 Å². The highest BCUT2D eigenvalue weighted by molar-refractivity contribution is 9.10. The van der Waals surface area contributed by atoms with Crippen LogP contribution in [0.2, 0.25) is 0 Å². The molecule has 1 N–H and O–H groups in total. The summed E-state index contributed by atoms with van der Waals surface area (Å²) in [6, 6.07) is 7.77. The number of nitrogens with zero attached hydrogens (tertiary/aromatic N) is 1. The van der Waals surface area contributed by atoms with Crippen LogP contribution in [0.25, 0.3) is 0 Å². The van der Waals surface area contributed by atoms with Crippen molar-refractivity contribution in [3.8, 4) is 0 Å². The Morgan fingerprint density at radius 3 is 2.54 bits per heavy atom. The van der Waals surface area contributed by atoms with Gasteiger partial charge in [0, 0.05) is 23.8 Å². The molecule has 1 amide bonds. The Morgan fingerprint density at radius 2 is 1.92 bits per heavy atom. The number of esters is 1. The predicted octanol–water partition coefficient (Wildman–Crippen LogP) is 3.84. The number of nitrogens with one attached hydrogen (secondary N) is 1. The first-order valence-electron chi connectivity index (χ1n) is 7.72. The van der Waals surface area contributed by atoms with Gasteiger partial charge in [-0.1, -0.05) is 34.1 Å². The maximum Gasteiger partial charge on any atom is 0.340 e. The summed E-state index contributed by atoms with van der Waals surface area (Å²) in [7, 11) is 1.74. The Labute approximate surface area is 150 Å². The van der Waals surface area contributed by atoms with Crippen molar-refractivity contribution < 1.29 is 14.3 Å². The van der Waals surface area contributed by atoms with Gasteiger partial charge in [-0.2, -0.15) is 0 Å². The minimum absolute atomic E-state index is 0.165. The van der Waals surface area contributed by atoms with Gasteiger partial charge in [-0.15, -0.1) is 0 Å². The van der Waals surface area contributed by atoms with E-state index < -0.39 is 5.97 Å². The standard InChI is InChI=1S/C18H21BrN2O3/c1-5-24-18(23)15-11(2)16(20-12(15)3)17(22)21(4)10-13-8-6-7-9-14(13)19/h6-9,20H,5,10H2,1-4H3. The average molecular weight is 393 g/mol. The normalized spacial score (nSPS) is 10.5. The highest BCUT2D eigenvalue weighted by Gasteiger charge is 2.24. The van der Waals surface area contributed by atoms with Crippen molar-refractivity contribution in [1.82, 2.24) is 9.88 Å². The van der Waals surface area contributed by atoms with Crippen molar-refractivity contribution in [2.45, 2.75) is 27.3 Å². The quantitative estimate of drug-likeness (QED) is 0.786. The molecule has 0 unspecified atom stereocenters. The highest BCUT2D eigenvalue weighted by Crippen LogP contribution is 2.22. The van der Waals surface area contributed by atoms with E-state index in [4.69, 9.17) is 4.74 Å². The van der Waals surface area contributed by atoms with Crippen LogP contribution in [0.15, 0.2) is 28.7 Å². The third-order valence-electron chi connectivity index (χ3n) is 3.84. The number of aryl methyl sites for hydroxylation is 1. The lowest BCUT2D eigenvalue weighted by Crippen LogP contribution is -2.27. The minimum atomic E-state index is -0.406. The first-order chi connectivity index (χ1) is 11.4. The number of aromatic nitrogens is 1. The van der Waals surface area contributed by atoms with Crippen LogP contribution >= 0.6 is 15.9 Å². The van der Waals surface area contributed by atoms with Gasteiger partial charge in [0.25, 0.3) is 5.91 Å². The van der Waals surface area contributed by atoms with Crippen molar-refractivity contribution in [1.29, 1.82) is 0 Å². The molecule has 0 bridgehead atoms. The van der Waals surface area contributed by atoms with Crippen LogP contribution in [-0.4, -0.2) is 35.4 Å². The lowest BCUT2D eigenvalue weighted by atomic mass is 10.1. The molecule has 0 aliphatic carbocycles. The summed E-state index contributed by atoms with van der Waals surface area (Å²) in [6.07, 6.45) is 0. The molecule has 0 saturated carbocycles. The molecule has 0 aliphatic heterocycles. The SMILES string of the molecule is CCOC(=O)c1c(C)[nH]c(C(=O)N(C)Cc2ccccc2Br)c1C. The molecule has 0 spiro atoms. The second kappa shape index (κ2) is 7.66. The van der Waals surface area contributed by atoms with E-state index in [0.717, 1.165) is 10.0 Å². The Morgan fingerprint density at radius 1 is 1.25 bits per heavy atom. The topological polar surface area (TPSA) is 62.4 Å². The van der Waals surface area contributed by atoms with Gasteiger partial charge in [0.05, 0.1) is 12.2 Å². The fourth-order valence-corrected chi connectivity index (χ4v) is 3.03. The molecule has 0 fully saturated rings. The molecule has 24 heavy (non-hydrogen) atoms. The lowest BCUT2D eigenvalue weighted by molar-refractivity contribution is 0.0525. The van der Waals surface area contributed by atoms with Crippen LogP contribution in [0.4, 0.5) is 0 Å². The fourth-order valence-electron chi connectivity index (χ4n) is 2.62. The highest BCUT2D eigenvalue weighted by atomic mass is 79.9. The second-order valence-electron chi connectivity index (χ2n) is 5.60. The summed E-state index contributed by atoms with van der Waals surface area (Å²) in [4.78, 5) is 29.5. The molecule has 0 radical (unpaired) electrons. The van der Waals surface area contributed by atoms with Gasteiger partial charge in [-0.25, -0.2) is 4.79 Å². The van der Waals surface area contributed by atoms with E-state index in [1.165, 1.54) is 0 Å². The number of hydrogen-bond acceptors (Lipinski definition) is 3. The Kier molecular flexibility index (Phi) is 5.83. The number of ether oxygens (including phenoxy) is 1. The van der Waals surface area contributed by atoms with E-state index in [-0.39, 0.29) is 5.91 Å². The number of aromatic amines is 1. The van der Waals surface area contributed by atoms with Gasteiger partial charge in [-0.05, 0) is 38.0 Å². The molecule has 0 atom stereocenters. The molecule has 0 aliphatic rings. The molecule has 1 heterocycles. The first-order valence-corrected chi connectivity index (χ1v) is 8.51. The summed E-state index contributed by atoms with van der Waals surface area (Å²) in [5.74, 6) is -0.571. The summed E-state index contributed by atoms with van der Waals surface area (Å²) in [5, 5.41) is 0. The van der Waals surface area contributed by atoms with Crippen LogP contribution in [0, 0.1) is 13.8 Å². The molecule has 1 aromatic carbocycles. The molecule has 5 nitrogen and oxygen atoms in total. The zero-order valence-corrected chi connectivity index (χ0v) is 15.9. The van der Waals surface area contributed by atoms with Crippen LogP contribution in [0.3, 0.4) is 0 Å². The van der Waals surface area contributed by atoms with Gasteiger partial charge >= 0.3 is 5.97 Å². The fraction of sp³-hybridized carbons (Fsp3) is 0.333. The summed E-state index contributed by atoms with van der Waals surface area (Å²) in [6.45, 7) is 6.05. The maximum absolute atomic E-state index is 12.8. The molecule has 6 heteroatoms. The maximum atomic E-state index is 12.8. The van der Waals surface area contributed by atoms with Crippen molar-refractivity contribution in [2.75, 3.05) is 13.7 Å². The predicted molar refractivity (Wildman–Crippen MR) is 96.2 cm³/mol. The molecule has 128 valence electrons. The molecule has 1 aromatic heterocycles. The van der Waals surface area contributed by atoms with E-state index in [9.17, 15) is 9.59 Å². The smallest absolute Gasteiger partial charge is 0.340 e. The minimum Gasteiger partial charge on any atom is -0.462 e. The summed E-state index contributed by atoms with van der Waals surface area (Å²) in [5.41, 5.74) is 3.14. The van der Waals surface area contributed by atoms with Crippen LogP contribution in [-0.2, 0) is 11.3 Å². The van der Waals surface area contributed by atoms with Crippen molar-refractivity contribution in [2.24, 2.45) is 0 Å². The van der Waals surface area contributed by atoms with Gasteiger partial charge in [-0.3, -0.25) is 4.79 Å². The van der Waals surface area contributed by atoms with Crippen LogP contribution in [0.1, 0.15) is 44.6 Å². The number of carbonyl (C=O) groups is 2. The number of benzene rings is 1. The number of amides is 1. The number of H-pyrrole nitrogens is 1. The number of carbonyl (C=O) groups excluding carboxylic acids is 2. The van der Waals surface area contributed by atoms with E-state index in [1.807, 2.05) is 24.3 Å². The molecule has 2 aromatic rings. The Hall–Kier alpha value is -2.08. The third kappa shape index (κ3) is 3.70. The Bertz CT molecular complexity index is 768. The largest absolute Gasteiger partial charge is 0.462 e. The Balaban J connectivity index is 2.25. The second-order valence-corrected chi connectivity index (χ2v) is 6.45. The number of hydrogen-bond donors (Lipinski definition) is 1. The molecule has 2 rings (SSSR count). The zero-order chi connectivity index (χ0) is 17.9. The van der Waals surface area contributed by atoms with Gasteiger partial charge < -0.3 is 14.6 Å². The van der Waals surface area contributed by atoms with Crippen molar-refractivity contribution >= 4 is 27.8 Å². The van der Waals surface area contributed by atoms with Gasteiger partial charge in [0.15, 0.2) is 0 Å². The van der Waals surface area contributed by atoms with E-state index >= 15 is 0 Å². The average Bonchev–Trinajstić information content (AvgIpc) is 2.83. The lowest BCUT2D eigenvalue weighted by Gasteiger charge is -2.18. The number of halogens is 1. The third-order valence-corrected chi connectivity index (χ3v) is 4.62. The van der Waals surface area contributed by atoms with Gasteiger partial charge in [0.1, 0.15) is 5.69 Å². The first kappa shape index (κ1) is 18.3. The zero-order valence-electron chi connectivity index (χ0n) is 14.3. The van der Waals surface area contributed by atoms with Gasteiger partial charge in [0.2, 0.25) is 0 Å². The van der Waals surface area contributed by atoms with Crippen LogP contribution < -0.4 is 0 Å². The number of rotatable bonds is 5. The van der Waals surface area contributed by atoms with E-state index in [0.29, 0.717) is 35.7 Å². The van der Waals surface area contributed by atoms with E-state index in [2.05, 4.69) is 20.9 Å². The summed E-state index contributed by atoms with van der Waals surface area (Å²) >= 11 is 3.49. The van der Waals surface area contributed by atoms with Crippen molar-refractivity contribution in [3.05, 3.63) is 56.8 Å². The molecule has 0 saturated heterocycles. The molecular formula is C18H21BrN2O3. The molecular weight excluding hydrogens is 372 g/mol.